The van der Waals surface area contributed by atoms with Crippen LogP contribution in [0.3, 0.4) is 0 Å². The van der Waals surface area contributed by atoms with E-state index < -0.39 is 4.92 Å². The van der Waals surface area contributed by atoms with Crippen molar-refractivity contribution >= 4 is 23.3 Å². The molecule has 3 rings (SSSR count). The Morgan fingerprint density at radius 1 is 1.20 bits per heavy atom. The van der Waals surface area contributed by atoms with Crippen molar-refractivity contribution in [3.8, 4) is 0 Å². The standard InChI is InChI=1S/C22H26N4O4/c1-16(17-8-6-12-20(14-17)26(29)30)24(2)21(27)18-9-7-13-25(15-18)22(28)23-19-10-4-3-5-11-19/h3-6,8,10-12,14,16,18H,7,9,13,15H2,1-2H3,(H,23,28)/t16-,18+/m1/s1. The van der Waals surface area contributed by atoms with Crippen LogP contribution < -0.4 is 5.32 Å². The minimum atomic E-state index is -0.442. The van der Waals surface area contributed by atoms with Gasteiger partial charge in [-0.2, -0.15) is 0 Å². The van der Waals surface area contributed by atoms with Crippen molar-refractivity contribution in [3.63, 3.8) is 0 Å². The van der Waals surface area contributed by atoms with E-state index in [2.05, 4.69) is 5.32 Å². The average Bonchev–Trinajstić information content (AvgIpc) is 2.78. The first-order valence-electron chi connectivity index (χ1n) is 9.99. The molecule has 8 nitrogen and oxygen atoms in total. The predicted molar refractivity (Wildman–Crippen MR) is 114 cm³/mol. The maximum atomic E-state index is 13.1. The number of carbonyl (C=O) groups is 2. The summed E-state index contributed by atoms with van der Waals surface area (Å²) in [6, 6.07) is 15.0. The lowest BCUT2D eigenvalue weighted by molar-refractivity contribution is -0.384. The van der Waals surface area contributed by atoms with Crippen molar-refractivity contribution in [2.75, 3.05) is 25.5 Å². The van der Waals surface area contributed by atoms with Gasteiger partial charge in [-0.3, -0.25) is 14.9 Å². The van der Waals surface area contributed by atoms with Gasteiger partial charge in [0, 0.05) is 38.0 Å². The van der Waals surface area contributed by atoms with Crippen molar-refractivity contribution in [3.05, 3.63) is 70.3 Å². The summed E-state index contributed by atoms with van der Waals surface area (Å²) in [6.45, 7) is 2.80. The second-order valence-corrected chi connectivity index (χ2v) is 7.56. The molecule has 158 valence electrons. The van der Waals surface area contributed by atoms with E-state index in [0.717, 1.165) is 6.42 Å². The molecule has 2 atom stereocenters. The SMILES string of the molecule is C[C@H](c1cccc([N+](=O)[O-])c1)N(C)C(=O)[C@H]1CCCN(C(=O)Nc2ccccc2)C1. The summed E-state index contributed by atoms with van der Waals surface area (Å²) in [6.07, 6.45) is 1.46. The third-order valence-electron chi connectivity index (χ3n) is 5.57. The smallest absolute Gasteiger partial charge is 0.321 e. The van der Waals surface area contributed by atoms with Gasteiger partial charge in [0.25, 0.3) is 5.69 Å². The Bertz CT molecular complexity index is 918. The molecule has 1 heterocycles. The molecule has 8 heteroatoms. The molecule has 0 unspecified atom stereocenters. The number of nitro benzene ring substituents is 1. The summed E-state index contributed by atoms with van der Waals surface area (Å²) < 4.78 is 0. The van der Waals surface area contributed by atoms with Crippen molar-refractivity contribution in [2.24, 2.45) is 5.92 Å². The molecule has 0 aromatic heterocycles. The fraction of sp³-hybridized carbons (Fsp3) is 0.364. The number of hydrogen-bond donors (Lipinski definition) is 1. The van der Waals surface area contributed by atoms with E-state index in [0.29, 0.717) is 30.8 Å². The average molecular weight is 410 g/mol. The van der Waals surface area contributed by atoms with E-state index in [1.807, 2.05) is 37.3 Å². The lowest BCUT2D eigenvalue weighted by atomic mass is 9.95. The zero-order valence-electron chi connectivity index (χ0n) is 17.2. The quantitative estimate of drug-likeness (QED) is 0.594. The number of non-ortho nitro benzene ring substituents is 1. The molecule has 0 aliphatic carbocycles. The predicted octanol–water partition coefficient (Wildman–Crippen LogP) is 4.06. The largest absolute Gasteiger partial charge is 0.339 e. The number of nitrogens with one attached hydrogen (secondary N) is 1. The molecule has 30 heavy (non-hydrogen) atoms. The van der Waals surface area contributed by atoms with Gasteiger partial charge in [0.2, 0.25) is 5.91 Å². The molecule has 2 aromatic rings. The summed E-state index contributed by atoms with van der Waals surface area (Å²) >= 11 is 0. The van der Waals surface area contributed by atoms with Crippen molar-refractivity contribution in [1.82, 2.24) is 9.80 Å². The van der Waals surface area contributed by atoms with Crippen molar-refractivity contribution in [1.29, 1.82) is 0 Å². The summed E-state index contributed by atoms with van der Waals surface area (Å²) in [4.78, 5) is 39.6. The van der Waals surface area contributed by atoms with Crippen LogP contribution in [0, 0.1) is 16.0 Å². The number of para-hydroxylation sites is 1. The normalized spacial score (nSPS) is 17.1. The van der Waals surface area contributed by atoms with Crippen LogP contribution in [0.2, 0.25) is 0 Å². The molecule has 1 aliphatic rings. The van der Waals surface area contributed by atoms with Gasteiger partial charge in [0.1, 0.15) is 0 Å². The zero-order chi connectivity index (χ0) is 21.7. The molecular formula is C22H26N4O4. The first kappa shape index (κ1) is 21.3. The van der Waals surface area contributed by atoms with E-state index in [9.17, 15) is 19.7 Å². The second-order valence-electron chi connectivity index (χ2n) is 7.56. The van der Waals surface area contributed by atoms with Gasteiger partial charge in [-0.25, -0.2) is 4.79 Å². The van der Waals surface area contributed by atoms with Gasteiger partial charge in [-0.15, -0.1) is 0 Å². The monoisotopic (exact) mass is 410 g/mol. The van der Waals surface area contributed by atoms with Crippen LogP contribution in [-0.2, 0) is 4.79 Å². The van der Waals surface area contributed by atoms with Crippen LogP contribution in [0.15, 0.2) is 54.6 Å². The Morgan fingerprint density at radius 3 is 2.63 bits per heavy atom. The number of hydrogen-bond acceptors (Lipinski definition) is 4. The molecule has 0 saturated carbocycles. The molecule has 0 radical (unpaired) electrons. The first-order chi connectivity index (χ1) is 14.4. The first-order valence-corrected chi connectivity index (χ1v) is 9.99. The third kappa shape index (κ3) is 4.94. The summed E-state index contributed by atoms with van der Waals surface area (Å²) in [5.41, 5.74) is 1.42. The Kier molecular flexibility index (Phi) is 6.66. The number of urea groups is 1. The van der Waals surface area contributed by atoms with Gasteiger partial charge in [-0.1, -0.05) is 30.3 Å². The van der Waals surface area contributed by atoms with E-state index in [-0.39, 0.29) is 29.6 Å². The van der Waals surface area contributed by atoms with Crippen LogP contribution in [0.4, 0.5) is 16.2 Å². The molecule has 2 aromatic carbocycles. The minimum absolute atomic E-state index is 0.00150. The summed E-state index contributed by atoms with van der Waals surface area (Å²) in [5, 5.41) is 13.9. The number of piperidine rings is 1. The number of anilines is 1. The molecule has 1 saturated heterocycles. The molecule has 1 N–H and O–H groups in total. The summed E-state index contributed by atoms with van der Waals surface area (Å²) in [5.74, 6) is -0.363. The number of nitrogens with zero attached hydrogens (tertiary/aromatic N) is 3. The molecule has 0 bridgehead atoms. The van der Waals surface area contributed by atoms with E-state index >= 15 is 0 Å². The molecular weight excluding hydrogens is 384 g/mol. The van der Waals surface area contributed by atoms with E-state index in [1.165, 1.54) is 12.1 Å². The van der Waals surface area contributed by atoms with Gasteiger partial charge in [0.15, 0.2) is 0 Å². The van der Waals surface area contributed by atoms with Gasteiger partial charge in [-0.05, 0) is 37.5 Å². The number of carbonyl (C=O) groups excluding carboxylic acids is 2. The van der Waals surface area contributed by atoms with Gasteiger partial charge in [0.05, 0.1) is 16.9 Å². The van der Waals surface area contributed by atoms with Crippen LogP contribution in [0.1, 0.15) is 31.4 Å². The van der Waals surface area contributed by atoms with Gasteiger partial charge >= 0.3 is 6.03 Å². The Labute approximate surface area is 175 Å². The maximum absolute atomic E-state index is 13.1. The Hall–Kier alpha value is -3.42. The fourth-order valence-electron chi connectivity index (χ4n) is 3.69. The van der Waals surface area contributed by atoms with Crippen molar-refractivity contribution in [2.45, 2.75) is 25.8 Å². The number of rotatable bonds is 5. The van der Waals surface area contributed by atoms with Crippen LogP contribution >= 0.6 is 0 Å². The molecule has 1 fully saturated rings. The topological polar surface area (TPSA) is 95.8 Å². The zero-order valence-corrected chi connectivity index (χ0v) is 17.2. The highest BCUT2D eigenvalue weighted by atomic mass is 16.6. The van der Waals surface area contributed by atoms with Gasteiger partial charge < -0.3 is 15.1 Å². The highest BCUT2D eigenvalue weighted by Gasteiger charge is 2.32. The summed E-state index contributed by atoms with van der Waals surface area (Å²) in [7, 11) is 1.70. The molecule has 1 aliphatic heterocycles. The molecule has 0 spiro atoms. The van der Waals surface area contributed by atoms with Crippen LogP contribution in [0.25, 0.3) is 0 Å². The lowest BCUT2D eigenvalue weighted by Gasteiger charge is -2.35. The van der Waals surface area contributed by atoms with Crippen molar-refractivity contribution < 1.29 is 14.5 Å². The number of amides is 3. The van der Waals surface area contributed by atoms with E-state index in [4.69, 9.17) is 0 Å². The third-order valence-corrected chi connectivity index (χ3v) is 5.57. The number of benzene rings is 2. The van der Waals surface area contributed by atoms with Crippen LogP contribution in [-0.4, -0.2) is 46.8 Å². The maximum Gasteiger partial charge on any atom is 0.321 e. The van der Waals surface area contributed by atoms with E-state index in [1.54, 1.807) is 29.0 Å². The number of nitro groups is 1. The number of likely N-dealkylation sites (tertiary alicyclic amines) is 1. The highest BCUT2D eigenvalue weighted by Crippen LogP contribution is 2.27. The highest BCUT2D eigenvalue weighted by molar-refractivity contribution is 5.90. The molecule has 3 amide bonds. The Balaban J connectivity index is 1.64. The van der Waals surface area contributed by atoms with Crippen LogP contribution in [0.5, 0.6) is 0 Å². The Morgan fingerprint density at radius 2 is 1.93 bits per heavy atom. The second kappa shape index (κ2) is 9.39. The minimum Gasteiger partial charge on any atom is -0.339 e. The fourth-order valence-corrected chi connectivity index (χ4v) is 3.69. The lowest BCUT2D eigenvalue weighted by Crippen LogP contribution is -2.47.